The summed E-state index contributed by atoms with van der Waals surface area (Å²) < 4.78 is 9.69. The van der Waals surface area contributed by atoms with Crippen LogP contribution in [-0.4, -0.2) is 58.4 Å². The van der Waals surface area contributed by atoms with E-state index in [9.17, 15) is 0 Å². The molecule has 3 aliphatic rings. The van der Waals surface area contributed by atoms with Gasteiger partial charge in [0.15, 0.2) is 0 Å². The van der Waals surface area contributed by atoms with Crippen LogP contribution >= 0.6 is 0 Å². The molecule has 2 nitrogen and oxygen atoms in total. The molecule has 0 aromatic heterocycles. The van der Waals surface area contributed by atoms with E-state index < -0.39 is 0 Å². The van der Waals surface area contributed by atoms with Gasteiger partial charge in [0.1, 0.15) is 0 Å². The quantitative estimate of drug-likeness (QED) is 0.716. The van der Waals surface area contributed by atoms with E-state index in [0.29, 0.717) is 12.2 Å². The van der Waals surface area contributed by atoms with Gasteiger partial charge in [-0.1, -0.05) is 0 Å². The van der Waals surface area contributed by atoms with Gasteiger partial charge in [-0.05, 0) is 0 Å². The van der Waals surface area contributed by atoms with Crippen molar-refractivity contribution >= 4 is 21.1 Å². The Morgan fingerprint density at radius 1 is 1.00 bits per heavy atom. The maximum atomic E-state index is 6.33. The second kappa shape index (κ2) is 5.38. The number of nitrogens with zero attached hydrogens (tertiary/aromatic N) is 1. The fourth-order valence-corrected chi connectivity index (χ4v) is 8.31. The molecule has 17 heavy (non-hydrogen) atoms. The van der Waals surface area contributed by atoms with Crippen molar-refractivity contribution in [2.45, 2.75) is 59.6 Å². The number of piperidine rings is 1. The molecule has 1 saturated carbocycles. The summed E-state index contributed by atoms with van der Waals surface area (Å²) in [5.74, 6) is 0. The van der Waals surface area contributed by atoms with Gasteiger partial charge in [-0.3, -0.25) is 0 Å². The van der Waals surface area contributed by atoms with Gasteiger partial charge in [0, 0.05) is 0 Å². The molecule has 2 saturated heterocycles. The minimum absolute atomic E-state index is 0.168. The van der Waals surface area contributed by atoms with Crippen LogP contribution in [0.1, 0.15) is 38.5 Å². The Kier molecular flexibility index (Phi) is 4.03. The first-order valence-electron chi connectivity index (χ1n) is 7.31. The molecule has 2 aliphatic heterocycles. The van der Waals surface area contributed by atoms with E-state index in [0.717, 1.165) is 5.41 Å². The molecule has 2 radical (unpaired) electrons. The van der Waals surface area contributed by atoms with Crippen LogP contribution < -0.4 is 0 Å². The average Bonchev–Trinajstić information content (AvgIpc) is 2.31. The molecule has 0 amide bonds. The van der Waals surface area contributed by atoms with E-state index in [1.807, 2.05) is 0 Å². The standard InChI is InChI=1S/C14H25NO.Sn/c1-14(2)8-4-12(5-9-14)16-13-6-10-15(3)11-7-13;/h12-13H,1-2,4-11H2,3H3;. The van der Waals surface area contributed by atoms with E-state index in [2.05, 4.69) is 11.9 Å². The predicted molar refractivity (Wildman–Crippen MR) is 71.7 cm³/mol. The zero-order chi connectivity index (χ0) is 11.7. The summed E-state index contributed by atoms with van der Waals surface area (Å²) in [5.41, 5.74) is 0.860. The second-order valence-corrected chi connectivity index (χ2v) is 9.89. The summed E-state index contributed by atoms with van der Waals surface area (Å²) in [5, 5.41) is 0. The van der Waals surface area contributed by atoms with Gasteiger partial charge in [-0.2, -0.15) is 0 Å². The summed E-state index contributed by atoms with van der Waals surface area (Å²) in [6.45, 7) is 2.46. The molecule has 96 valence electrons. The monoisotopic (exact) mass is 343 g/mol. The first-order valence-corrected chi connectivity index (χ1v) is 11.3. The van der Waals surface area contributed by atoms with Gasteiger partial charge in [-0.25, -0.2) is 0 Å². The topological polar surface area (TPSA) is 12.5 Å². The molecular weight excluding hydrogens is 317 g/mol. The maximum absolute atomic E-state index is 6.33. The van der Waals surface area contributed by atoms with Crippen molar-refractivity contribution in [3.05, 3.63) is 0 Å². The Morgan fingerprint density at radius 3 is 2.12 bits per heavy atom. The number of ether oxygens (including phenoxy) is 1. The minimum atomic E-state index is 0.168. The first kappa shape index (κ1) is 12.7. The van der Waals surface area contributed by atoms with Gasteiger partial charge in [0.05, 0.1) is 0 Å². The Labute approximate surface area is 116 Å². The van der Waals surface area contributed by atoms with Gasteiger partial charge in [-0.15, -0.1) is 0 Å². The van der Waals surface area contributed by atoms with Crippen molar-refractivity contribution in [2.24, 2.45) is 5.41 Å². The average molecular weight is 342 g/mol. The van der Waals surface area contributed by atoms with Crippen LogP contribution in [0.3, 0.4) is 0 Å². The summed E-state index contributed by atoms with van der Waals surface area (Å²) in [6, 6.07) is 0. The zero-order valence-electron chi connectivity index (χ0n) is 11.1. The summed E-state index contributed by atoms with van der Waals surface area (Å²) in [7, 11) is 2.22. The van der Waals surface area contributed by atoms with Crippen LogP contribution in [0.5, 0.6) is 0 Å². The molecule has 2 heterocycles. The zero-order valence-corrected chi connectivity index (χ0v) is 13.9. The van der Waals surface area contributed by atoms with Crippen molar-refractivity contribution in [1.82, 2.24) is 4.90 Å². The van der Waals surface area contributed by atoms with Gasteiger partial charge >= 0.3 is 116 Å². The summed E-state index contributed by atoms with van der Waals surface area (Å²) in [4.78, 5) is 2.43. The number of hydrogen-bond acceptors (Lipinski definition) is 2. The molecule has 3 rings (SSSR count). The van der Waals surface area contributed by atoms with E-state index in [1.54, 1.807) is 8.87 Å². The van der Waals surface area contributed by atoms with Crippen molar-refractivity contribution in [1.29, 1.82) is 0 Å². The van der Waals surface area contributed by atoms with E-state index >= 15 is 0 Å². The van der Waals surface area contributed by atoms with E-state index in [1.165, 1.54) is 51.6 Å². The van der Waals surface area contributed by atoms with Crippen LogP contribution in [-0.2, 0) is 4.74 Å². The van der Waals surface area contributed by atoms with Crippen molar-refractivity contribution < 1.29 is 4.74 Å². The third-order valence-electron chi connectivity index (χ3n) is 5.04. The molecule has 1 aliphatic carbocycles. The fourth-order valence-electron chi connectivity index (χ4n) is 3.57. The molecule has 0 aromatic carbocycles. The van der Waals surface area contributed by atoms with Crippen LogP contribution in [0, 0.1) is 5.41 Å². The van der Waals surface area contributed by atoms with E-state index in [-0.39, 0.29) is 21.1 Å². The van der Waals surface area contributed by atoms with Gasteiger partial charge in [0.2, 0.25) is 0 Å². The normalized spacial score (nSPS) is 31.6. The van der Waals surface area contributed by atoms with E-state index in [4.69, 9.17) is 4.74 Å². The molecule has 3 fully saturated rings. The van der Waals surface area contributed by atoms with Crippen LogP contribution in [0.15, 0.2) is 0 Å². The number of likely N-dealkylation sites (tertiary alicyclic amines) is 1. The van der Waals surface area contributed by atoms with Crippen LogP contribution in [0.4, 0.5) is 0 Å². The molecule has 0 aromatic rings. The molecule has 0 unspecified atom stereocenters. The number of hydrogen-bond donors (Lipinski definition) is 0. The molecule has 1 spiro atoms. The number of rotatable bonds is 2. The van der Waals surface area contributed by atoms with Crippen LogP contribution in [0.25, 0.3) is 0 Å². The molecule has 3 heteroatoms. The molecule has 0 atom stereocenters. The van der Waals surface area contributed by atoms with Crippen LogP contribution in [0.2, 0.25) is 8.87 Å². The summed E-state index contributed by atoms with van der Waals surface area (Å²) in [6.07, 6.45) is 9.41. The Bertz CT molecular complexity index is 249. The predicted octanol–water partition coefficient (Wildman–Crippen LogP) is 2.58. The third-order valence-corrected chi connectivity index (χ3v) is 10.8. The Hall–Kier alpha value is 0.719. The van der Waals surface area contributed by atoms with Gasteiger partial charge in [0.25, 0.3) is 0 Å². The molecule has 0 bridgehead atoms. The molecular formula is C14H25NOSn. The third kappa shape index (κ3) is 3.00. The van der Waals surface area contributed by atoms with Crippen molar-refractivity contribution in [3.63, 3.8) is 0 Å². The Balaban J connectivity index is 1.41. The first-order chi connectivity index (χ1) is 8.26. The Morgan fingerprint density at radius 2 is 1.59 bits per heavy atom. The van der Waals surface area contributed by atoms with Gasteiger partial charge < -0.3 is 0 Å². The second-order valence-electron chi connectivity index (χ2n) is 6.44. The summed E-state index contributed by atoms with van der Waals surface area (Å²) >= 11 is 0.168. The van der Waals surface area contributed by atoms with Crippen molar-refractivity contribution in [2.75, 3.05) is 20.1 Å². The fraction of sp³-hybridized carbons (Fsp3) is 1.00. The SMILES string of the molecule is CN1CCC(OC2CCC3(CC2)[CH2][Sn][CH2]3)CC1. The van der Waals surface area contributed by atoms with Crippen molar-refractivity contribution in [3.8, 4) is 0 Å². The molecule has 0 N–H and O–H groups in total.